The Morgan fingerprint density at radius 3 is 2.81 bits per heavy atom. The van der Waals surface area contributed by atoms with E-state index in [9.17, 15) is 4.79 Å². The van der Waals surface area contributed by atoms with Crippen molar-refractivity contribution < 1.29 is 14.3 Å². The van der Waals surface area contributed by atoms with Gasteiger partial charge in [-0.15, -0.1) is 0 Å². The summed E-state index contributed by atoms with van der Waals surface area (Å²) in [6, 6.07) is 1.74. The minimum absolute atomic E-state index is 0.0396. The molecule has 5 nitrogen and oxygen atoms in total. The van der Waals surface area contributed by atoms with Crippen LogP contribution in [-0.4, -0.2) is 29.1 Å². The number of rotatable bonds is 4. The summed E-state index contributed by atoms with van der Waals surface area (Å²) in [5.74, 6) is -0.372. The molecule has 0 radical (unpaired) electrons. The molecule has 1 aromatic heterocycles. The van der Waals surface area contributed by atoms with Crippen LogP contribution < -0.4 is 4.74 Å². The third kappa shape index (κ3) is 2.61. The van der Waals surface area contributed by atoms with E-state index in [4.69, 9.17) is 21.1 Å². The smallest absolute Gasteiger partial charge is 0.317 e. The topological polar surface area (TPSA) is 61.3 Å². The van der Waals surface area contributed by atoms with E-state index in [1.807, 2.05) is 0 Å². The van der Waals surface area contributed by atoms with Gasteiger partial charge in [0.25, 0.3) is 0 Å². The first-order valence-electron chi connectivity index (χ1n) is 4.63. The van der Waals surface area contributed by atoms with Gasteiger partial charge in [-0.25, -0.2) is 4.98 Å². The van der Waals surface area contributed by atoms with E-state index in [1.54, 1.807) is 19.9 Å². The molecule has 0 spiro atoms. The Hall–Kier alpha value is -1.36. The van der Waals surface area contributed by atoms with Gasteiger partial charge in [-0.2, -0.15) is 4.98 Å². The molecule has 6 heteroatoms. The molecule has 1 rings (SSSR count). The Labute approximate surface area is 98.8 Å². The van der Waals surface area contributed by atoms with Gasteiger partial charge in [-0.05, 0) is 19.9 Å². The van der Waals surface area contributed by atoms with Crippen LogP contribution >= 0.6 is 11.6 Å². The van der Waals surface area contributed by atoms with Crippen molar-refractivity contribution in [1.82, 2.24) is 9.97 Å². The number of carbonyl (C=O) groups excluding carboxylic acids is 1. The number of hydrogen-bond donors (Lipinski definition) is 0. The van der Waals surface area contributed by atoms with E-state index in [-0.39, 0.29) is 18.0 Å². The third-order valence-corrected chi connectivity index (χ3v) is 2.26. The van der Waals surface area contributed by atoms with Crippen molar-refractivity contribution in [3.63, 3.8) is 0 Å². The van der Waals surface area contributed by atoms with E-state index in [0.29, 0.717) is 5.69 Å². The molecule has 0 atom stereocenters. The highest BCUT2D eigenvalue weighted by Gasteiger charge is 2.32. The molecule has 0 fully saturated rings. The zero-order chi connectivity index (χ0) is 12.2. The van der Waals surface area contributed by atoms with Gasteiger partial charge in [-0.3, -0.25) is 4.79 Å². The van der Waals surface area contributed by atoms with Gasteiger partial charge < -0.3 is 9.47 Å². The Bertz CT molecular complexity index is 382. The molecule has 0 aliphatic heterocycles. The number of ether oxygens (including phenoxy) is 2. The fourth-order valence-electron chi connectivity index (χ4n) is 1.17. The van der Waals surface area contributed by atoms with Gasteiger partial charge in [0.2, 0.25) is 0 Å². The predicted molar refractivity (Wildman–Crippen MR) is 58.4 cm³/mol. The third-order valence-electron chi connectivity index (χ3n) is 2.15. The van der Waals surface area contributed by atoms with Crippen molar-refractivity contribution in [2.24, 2.45) is 0 Å². The van der Waals surface area contributed by atoms with Crippen LogP contribution in [0.3, 0.4) is 0 Å². The molecule has 88 valence electrons. The van der Waals surface area contributed by atoms with Crippen molar-refractivity contribution >= 4 is 17.6 Å². The van der Waals surface area contributed by atoms with Crippen LogP contribution in [0.4, 0.5) is 0 Å². The van der Waals surface area contributed by atoms with Crippen LogP contribution in [0.2, 0.25) is 0 Å². The first-order chi connectivity index (χ1) is 7.52. The summed E-state index contributed by atoms with van der Waals surface area (Å²) in [4.78, 5) is 19.5. The zero-order valence-corrected chi connectivity index (χ0v) is 10.1. The lowest BCUT2D eigenvalue weighted by Gasteiger charge is -2.20. The summed E-state index contributed by atoms with van der Waals surface area (Å²) in [6.07, 6.45) is 1.51. The summed E-state index contributed by atoms with van der Waals surface area (Å²) in [5.41, 5.74) is -0.322. The fraction of sp³-hybridized carbons (Fsp3) is 0.500. The second-order valence-corrected chi connectivity index (χ2v) is 3.81. The quantitative estimate of drug-likeness (QED) is 0.593. The number of esters is 1. The molecule has 0 amide bonds. The minimum atomic E-state index is -0.845. The molecule has 1 aromatic rings. The molecular weight excluding hydrogens is 232 g/mol. The van der Waals surface area contributed by atoms with E-state index in [2.05, 4.69) is 9.97 Å². The molecule has 0 aliphatic carbocycles. The summed E-state index contributed by atoms with van der Waals surface area (Å²) >= 11 is 5.40. The number of alkyl halides is 1. The maximum Gasteiger partial charge on any atom is 0.317 e. The van der Waals surface area contributed by atoms with E-state index < -0.39 is 5.41 Å². The normalized spacial score (nSPS) is 11.0. The van der Waals surface area contributed by atoms with Gasteiger partial charge in [0.05, 0.1) is 12.8 Å². The first kappa shape index (κ1) is 12.7. The number of hydrogen-bond acceptors (Lipinski definition) is 5. The first-order valence-corrected chi connectivity index (χ1v) is 5.16. The van der Waals surface area contributed by atoms with Crippen molar-refractivity contribution in [1.29, 1.82) is 0 Å². The number of nitrogens with zero attached hydrogens (tertiary/aromatic N) is 2. The number of methoxy groups -OCH3 is 1. The highest BCUT2D eigenvalue weighted by molar-refractivity contribution is 6.17. The Morgan fingerprint density at radius 1 is 1.56 bits per heavy atom. The van der Waals surface area contributed by atoms with Crippen molar-refractivity contribution in [2.75, 3.05) is 13.2 Å². The lowest BCUT2D eigenvalue weighted by molar-refractivity contribution is -0.146. The van der Waals surface area contributed by atoms with Crippen LogP contribution in [0.25, 0.3) is 0 Å². The van der Waals surface area contributed by atoms with Gasteiger partial charge in [-0.1, -0.05) is 11.6 Å². The van der Waals surface area contributed by atoms with Gasteiger partial charge in [0, 0.05) is 6.20 Å². The average Bonchev–Trinajstić information content (AvgIpc) is 2.28. The van der Waals surface area contributed by atoms with Crippen molar-refractivity contribution in [3.05, 3.63) is 18.0 Å². The molecule has 0 aliphatic rings. The van der Waals surface area contributed by atoms with Gasteiger partial charge in [0.1, 0.15) is 5.41 Å². The van der Waals surface area contributed by atoms with Crippen LogP contribution in [0.1, 0.15) is 19.5 Å². The second-order valence-electron chi connectivity index (χ2n) is 3.59. The molecular formula is C10H13ClN2O3. The van der Waals surface area contributed by atoms with Gasteiger partial charge >= 0.3 is 12.0 Å². The Kier molecular flexibility index (Phi) is 4.06. The van der Waals surface area contributed by atoms with Crippen LogP contribution in [-0.2, 0) is 14.9 Å². The Morgan fingerprint density at radius 2 is 2.25 bits per heavy atom. The molecule has 0 bridgehead atoms. The molecule has 0 saturated heterocycles. The molecule has 0 saturated carbocycles. The Balaban J connectivity index is 3.03. The maximum absolute atomic E-state index is 11.6. The monoisotopic (exact) mass is 244 g/mol. The van der Waals surface area contributed by atoms with Crippen molar-refractivity contribution in [2.45, 2.75) is 19.3 Å². The zero-order valence-electron chi connectivity index (χ0n) is 9.36. The second kappa shape index (κ2) is 5.12. The van der Waals surface area contributed by atoms with Crippen LogP contribution in [0, 0.1) is 0 Å². The average molecular weight is 245 g/mol. The largest absolute Gasteiger partial charge is 0.468 e. The highest BCUT2D eigenvalue weighted by Crippen LogP contribution is 2.23. The summed E-state index contributed by atoms with van der Waals surface area (Å²) in [7, 11) is 1.33. The predicted octanol–water partition coefficient (Wildman–Crippen LogP) is 1.50. The standard InChI is InChI=1S/C10H13ClN2O3/c1-10(2,8(14)15-3)7-4-5-12-9(13-7)16-6-11/h4-5H,6H2,1-3H3. The SMILES string of the molecule is COC(=O)C(C)(C)c1ccnc(OCCl)n1. The fourth-order valence-corrected chi connectivity index (χ4v) is 1.26. The summed E-state index contributed by atoms with van der Waals surface area (Å²) < 4.78 is 9.65. The number of aromatic nitrogens is 2. The minimum Gasteiger partial charge on any atom is -0.468 e. The molecule has 0 aromatic carbocycles. The summed E-state index contributed by atoms with van der Waals surface area (Å²) in [5, 5.41) is 0. The van der Waals surface area contributed by atoms with Crippen LogP contribution in [0.5, 0.6) is 6.01 Å². The highest BCUT2D eigenvalue weighted by atomic mass is 35.5. The van der Waals surface area contributed by atoms with Crippen LogP contribution in [0.15, 0.2) is 12.3 Å². The maximum atomic E-state index is 11.6. The lowest BCUT2D eigenvalue weighted by Crippen LogP contribution is -2.31. The number of carbonyl (C=O) groups is 1. The van der Waals surface area contributed by atoms with Crippen molar-refractivity contribution in [3.8, 4) is 6.01 Å². The van der Waals surface area contributed by atoms with E-state index in [0.717, 1.165) is 0 Å². The van der Waals surface area contributed by atoms with E-state index >= 15 is 0 Å². The lowest BCUT2D eigenvalue weighted by atomic mass is 9.89. The van der Waals surface area contributed by atoms with E-state index in [1.165, 1.54) is 13.3 Å². The molecule has 1 heterocycles. The number of halogens is 1. The molecule has 16 heavy (non-hydrogen) atoms. The molecule has 0 unspecified atom stereocenters. The van der Waals surface area contributed by atoms with Gasteiger partial charge in [0.15, 0.2) is 6.07 Å². The summed E-state index contributed by atoms with van der Waals surface area (Å²) in [6.45, 7) is 3.43. The molecule has 0 N–H and O–H groups in total.